The maximum Gasteiger partial charge on any atom is 0.435 e. The zero-order valence-corrected chi connectivity index (χ0v) is 28.7. The van der Waals surface area contributed by atoms with Crippen molar-refractivity contribution in [2.45, 2.75) is 77.1 Å². The molecule has 1 aromatic carbocycles. The number of aromatic nitrogens is 2. The van der Waals surface area contributed by atoms with E-state index in [1.165, 1.54) is 14.0 Å². The Morgan fingerprint density at radius 3 is 2.27 bits per heavy atom. The fourth-order valence-electron chi connectivity index (χ4n) is 6.23. The average molecular weight is 727 g/mol. The third kappa shape index (κ3) is 8.95. The Morgan fingerprint density at radius 1 is 1.08 bits per heavy atom. The molecule has 1 unspecified atom stereocenters. The molecule has 3 atom stereocenters. The molecular weight excluding hydrogens is 686 g/mol. The number of allylic oxidation sites excluding steroid dienone is 1. The molecule has 1 aromatic heterocycles. The predicted molar refractivity (Wildman–Crippen MR) is 177 cm³/mol. The molecule has 2 aliphatic rings. The maximum atomic E-state index is 14.1. The molecule has 51 heavy (non-hydrogen) atoms. The van der Waals surface area contributed by atoms with Gasteiger partial charge < -0.3 is 19.3 Å². The van der Waals surface area contributed by atoms with Gasteiger partial charge in [0, 0.05) is 37.3 Å². The van der Waals surface area contributed by atoms with E-state index in [0.29, 0.717) is 43.4 Å². The van der Waals surface area contributed by atoms with E-state index in [-0.39, 0.29) is 55.8 Å². The SMILES string of the molecule is C=N/C(=N\C=C(/C)C(F)(F)F)N1CC[C@@H]2[C@H]1CCN2C(=O)CCOCC(C)n1nc(C(F)(F)F)c(C(=O)N(Cc2ccc(OC)cc2)N=C)c1C. The van der Waals surface area contributed by atoms with E-state index in [9.17, 15) is 35.9 Å². The summed E-state index contributed by atoms with van der Waals surface area (Å²) in [6, 6.07) is 5.45. The lowest BCUT2D eigenvalue weighted by Crippen LogP contribution is -2.41. The van der Waals surface area contributed by atoms with Crippen molar-refractivity contribution >= 4 is 31.2 Å². The van der Waals surface area contributed by atoms with Gasteiger partial charge in [-0.25, -0.2) is 15.0 Å². The fourth-order valence-corrected chi connectivity index (χ4v) is 6.23. The van der Waals surface area contributed by atoms with Crippen LogP contribution in [0.3, 0.4) is 0 Å². The molecule has 12 nitrogen and oxygen atoms in total. The number of fused-ring (bicyclic) bond motifs is 1. The standard InChI is InChI=1S/C33H40F6N8O4/c1-20(32(34,35)36)17-42-31(40-4)45-15-12-25-26(45)11-14-44(25)27(48)13-16-51-19-21(2)47-22(3)28(29(43-47)33(37,38)39)30(49)46(41-5)18-23-7-9-24(50-6)10-8-23/h7-10,17,21,25-26H,4-5,11-16,18-19H2,1-3,6H3/b20-17+,42-31+/t21?,25-,26-/m1/s1. The van der Waals surface area contributed by atoms with Crippen LogP contribution in [0.5, 0.6) is 5.75 Å². The minimum atomic E-state index is -4.95. The van der Waals surface area contributed by atoms with Crippen LogP contribution in [0, 0.1) is 6.92 Å². The molecule has 3 heterocycles. The van der Waals surface area contributed by atoms with Gasteiger partial charge in [-0.15, -0.1) is 0 Å². The third-order valence-electron chi connectivity index (χ3n) is 8.88. The Balaban J connectivity index is 1.36. The van der Waals surface area contributed by atoms with Crippen LogP contribution >= 0.6 is 0 Å². The molecule has 0 N–H and O–H groups in total. The number of carbonyl (C=O) groups is 2. The average Bonchev–Trinajstić information content (AvgIpc) is 3.79. The van der Waals surface area contributed by atoms with Gasteiger partial charge in [0.2, 0.25) is 11.9 Å². The molecule has 2 saturated heterocycles. The number of guanidine groups is 1. The van der Waals surface area contributed by atoms with Gasteiger partial charge in [0.25, 0.3) is 5.91 Å². The first kappa shape index (κ1) is 39.1. The molecule has 0 radical (unpaired) electrons. The summed E-state index contributed by atoms with van der Waals surface area (Å²) in [6.45, 7) is 11.2. The summed E-state index contributed by atoms with van der Waals surface area (Å²) in [6.07, 6.45) is -7.65. The lowest BCUT2D eigenvalue weighted by molar-refractivity contribution is -0.142. The number of benzene rings is 1. The van der Waals surface area contributed by atoms with Crippen molar-refractivity contribution in [2.24, 2.45) is 15.1 Å². The number of likely N-dealkylation sites (tertiary alicyclic amines) is 2. The summed E-state index contributed by atoms with van der Waals surface area (Å²) in [5.74, 6) is -0.616. The molecule has 2 amide bonds. The Bertz CT molecular complexity index is 1650. The zero-order chi connectivity index (χ0) is 37.7. The lowest BCUT2D eigenvalue weighted by Gasteiger charge is -2.26. The highest BCUT2D eigenvalue weighted by Gasteiger charge is 2.45. The summed E-state index contributed by atoms with van der Waals surface area (Å²) in [4.78, 5) is 37.7. The number of nitrogens with zero attached hydrogens (tertiary/aromatic N) is 8. The Labute approximate surface area is 291 Å². The number of halogens is 6. The topological polar surface area (TPSA) is 117 Å². The van der Waals surface area contributed by atoms with Gasteiger partial charge in [-0.1, -0.05) is 12.1 Å². The molecule has 2 aliphatic heterocycles. The van der Waals surface area contributed by atoms with Gasteiger partial charge in [-0.2, -0.15) is 36.5 Å². The van der Waals surface area contributed by atoms with Crippen molar-refractivity contribution in [3.05, 3.63) is 58.6 Å². The van der Waals surface area contributed by atoms with Crippen molar-refractivity contribution in [1.29, 1.82) is 0 Å². The number of hydrogen-bond acceptors (Lipinski definition) is 7. The van der Waals surface area contributed by atoms with Crippen LogP contribution in [0.2, 0.25) is 0 Å². The van der Waals surface area contributed by atoms with Crippen LogP contribution in [0.25, 0.3) is 0 Å². The number of ether oxygens (including phenoxy) is 2. The van der Waals surface area contributed by atoms with Crippen LogP contribution in [0.1, 0.15) is 66.5 Å². The molecule has 18 heteroatoms. The van der Waals surface area contributed by atoms with Crippen molar-refractivity contribution in [2.75, 3.05) is 33.4 Å². The number of carbonyl (C=O) groups excluding carboxylic acids is 2. The largest absolute Gasteiger partial charge is 0.497 e. The van der Waals surface area contributed by atoms with Gasteiger partial charge in [0.05, 0.1) is 57.0 Å². The van der Waals surface area contributed by atoms with Crippen LogP contribution in [-0.4, -0.2) is 107 Å². The van der Waals surface area contributed by atoms with Gasteiger partial charge in [-0.3, -0.25) is 14.3 Å². The molecule has 2 aromatic rings. The number of alkyl halides is 6. The molecule has 0 aliphatic carbocycles. The van der Waals surface area contributed by atoms with E-state index >= 15 is 0 Å². The normalized spacial score (nSPS) is 18.9. The van der Waals surface area contributed by atoms with E-state index in [1.54, 1.807) is 41.0 Å². The highest BCUT2D eigenvalue weighted by Crippen LogP contribution is 2.35. The van der Waals surface area contributed by atoms with Crippen LogP contribution in [0.4, 0.5) is 26.3 Å². The quantitative estimate of drug-likeness (QED) is 0.0919. The second-order valence-electron chi connectivity index (χ2n) is 12.2. The molecule has 4 rings (SSSR count). The summed E-state index contributed by atoms with van der Waals surface area (Å²) >= 11 is 0. The zero-order valence-electron chi connectivity index (χ0n) is 28.7. The first-order chi connectivity index (χ1) is 24.0. The van der Waals surface area contributed by atoms with E-state index in [1.807, 2.05) is 0 Å². The molecule has 0 saturated carbocycles. The highest BCUT2D eigenvalue weighted by molar-refractivity contribution is 5.96. The lowest BCUT2D eigenvalue weighted by atomic mass is 10.1. The van der Waals surface area contributed by atoms with Gasteiger partial charge in [-0.05, 0) is 58.0 Å². The van der Waals surface area contributed by atoms with Crippen molar-refractivity contribution < 1.29 is 45.4 Å². The first-order valence-corrected chi connectivity index (χ1v) is 16.0. The summed E-state index contributed by atoms with van der Waals surface area (Å²) in [7, 11) is 1.49. The van der Waals surface area contributed by atoms with E-state index < -0.39 is 41.1 Å². The van der Waals surface area contributed by atoms with Gasteiger partial charge in [0.1, 0.15) is 5.75 Å². The Morgan fingerprint density at radius 2 is 1.71 bits per heavy atom. The summed E-state index contributed by atoms with van der Waals surface area (Å²) in [5.41, 5.74) is -2.37. The molecule has 278 valence electrons. The van der Waals surface area contributed by atoms with Crippen LogP contribution < -0.4 is 4.74 Å². The van der Waals surface area contributed by atoms with Crippen molar-refractivity contribution in [1.82, 2.24) is 24.6 Å². The number of hydrazone groups is 1. The van der Waals surface area contributed by atoms with Crippen molar-refractivity contribution in [3.8, 4) is 5.75 Å². The molecule has 0 bridgehead atoms. The number of methoxy groups -OCH3 is 1. The molecular formula is C33H40F6N8O4. The van der Waals surface area contributed by atoms with Gasteiger partial charge in [0.15, 0.2) is 5.69 Å². The number of rotatable bonds is 12. The Hall–Kier alpha value is -4.74. The van der Waals surface area contributed by atoms with Gasteiger partial charge >= 0.3 is 12.4 Å². The fraction of sp³-hybridized carbons (Fsp3) is 0.515. The maximum absolute atomic E-state index is 14.1. The monoisotopic (exact) mass is 726 g/mol. The third-order valence-corrected chi connectivity index (χ3v) is 8.88. The van der Waals surface area contributed by atoms with E-state index in [4.69, 9.17) is 9.47 Å². The first-order valence-electron chi connectivity index (χ1n) is 16.0. The van der Waals surface area contributed by atoms with E-state index in [0.717, 1.165) is 16.6 Å². The minimum absolute atomic E-state index is 0.00887. The smallest absolute Gasteiger partial charge is 0.435 e. The number of amides is 2. The van der Waals surface area contributed by atoms with Crippen molar-refractivity contribution in [3.63, 3.8) is 0 Å². The Kier molecular flexibility index (Phi) is 12.3. The van der Waals surface area contributed by atoms with E-state index in [2.05, 4.69) is 33.6 Å². The number of aliphatic imine (C=N–C) groups is 2. The highest BCUT2D eigenvalue weighted by atomic mass is 19.4. The number of hydrogen-bond donors (Lipinski definition) is 0. The second kappa shape index (κ2) is 16.1. The summed E-state index contributed by atoms with van der Waals surface area (Å²) in [5, 5.41) is 8.25. The van der Waals surface area contributed by atoms with Crippen LogP contribution in [-0.2, 0) is 22.3 Å². The predicted octanol–water partition coefficient (Wildman–Crippen LogP) is 5.64. The minimum Gasteiger partial charge on any atom is -0.497 e. The molecule has 0 spiro atoms. The summed E-state index contributed by atoms with van der Waals surface area (Å²) < 4.78 is 93.0. The second-order valence-corrected chi connectivity index (χ2v) is 12.2. The molecule has 2 fully saturated rings. The van der Waals surface area contributed by atoms with Crippen LogP contribution in [0.15, 0.2) is 51.1 Å².